The molecule has 0 saturated carbocycles. The van der Waals surface area contributed by atoms with Crippen LogP contribution in [0.1, 0.15) is 0 Å². The first-order valence-corrected chi connectivity index (χ1v) is 7.51. The molecule has 0 N–H and O–H groups in total. The zero-order valence-corrected chi connectivity index (χ0v) is 13.0. The van der Waals surface area contributed by atoms with Crippen molar-refractivity contribution in [2.75, 3.05) is 0 Å². The van der Waals surface area contributed by atoms with E-state index in [2.05, 4.69) is 62.2 Å². The van der Waals surface area contributed by atoms with Crippen molar-refractivity contribution < 1.29 is 4.42 Å². The van der Waals surface area contributed by atoms with Crippen molar-refractivity contribution in [2.24, 2.45) is 0 Å². The predicted octanol–water partition coefficient (Wildman–Crippen LogP) is 6.26. The SMILES string of the molecule is Brc1ccc2c(c1)oc1cc(Br)c3ccccc3c12. The molecule has 92 valence electrons. The maximum absolute atomic E-state index is 5.96. The molecule has 0 fully saturated rings. The summed E-state index contributed by atoms with van der Waals surface area (Å²) in [5.74, 6) is 0. The molecule has 4 rings (SSSR count). The van der Waals surface area contributed by atoms with Gasteiger partial charge in [-0.25, -0.2) is 0 Å². The van der Waals surface area contributed by atoms with Crippen molar-refractivity contribution in [2.45, 2.75) is 0 Å². The molecule has 1 nitrogen and oxygen atoms in total. The molecule has 0 aliphatic heterocycles. The number of halogens is 2. The Morgan fingerprint density at radius 3 is 2.37 bits per heavy atom. The highest BCUT2D eigenvalue weighted by Crippen LogP contribution is 2.38. The molecule has 0 amide bonds. The smallest absolute Gasteiger partial charge is 0.137 e. The third-order valence-corrected chi connectivity index (χ3v) is 4.54. The molecule has 19 heavy (non-hydrogen) atoms. The molecule has 1 aromatic heterocycles. The molecule has 1 heterocycles. The number of hydrogen-bond acceptors (Lipinski definition) is 1. The van der Waals surface area contributed by atoms with Gasteiger partial charge >= 0.3 is 0 Å². The molecule has 3 aromatic carbocycles. The van der Waals surface area contributed by atoms with Crippen molar-refractivity contribution >= 4 is 64.6 Å². The quantitative estimate of drug-likeness (QED) is 0.353. The van der Waals surface area contributed by atoms with Gasteiger partial charge in [0.05, 0.1) is 0 Å². The largest absolute Gasteiger partial charge is 0.456 e. The lowest BCUT2D eigenvalue weighted by Gasteiger charge is -2.01. The summed E-state index contributed by atoms with van der Waals surface area (Å²) in [6.45, 7) is 0. The average molecular weight is 376 g/mol. The zero-order chi connectivity index (χ0) is 13.0. The fraction of sp³-hybridized carbons (Fsp3) is 0. The number of benzene rings is 3. The number of furan rings is 1. The number of rotatable bonds is 0. The van der Waals surface area contributed by atoms with Gasteiger partial charge in [0.1, 0.15) is 11.2 Å². The second-order valence-corrected chi connectivity index (χ2v) is 6.29. The summed E-state index contributed by atoms with van der Waals surface area (Å²) in [4.78, 5) is 0. The third kappa shape index (κ3) is 1.65. The van der Waals surface area contributed by atoms with Crippen molar-refractivity contribution in [3.8, 4) is 0 Å². The first-order valence-electron chi connectivity index (χ1n) is 5.93. The molecule has 0 aliphatic carbocycles. The van der Waals surface area contributed by atoms with Gasteiger partial charge in [0.2, 0.25) is 0 Å². The Hall–Kier alpha value is -1.32. The lowest BCUT2D eigenvalue weighted by atomic mass is 10.0. The van der Waals surface area contributed by atoms with E-state index in [1.165, 1.54) is 16.2 Å². The van der Waals surface area contributed by atoms with Crippen LogP contribution in [0.3, 0.4) is 0 Å². The third-order valence-electron chi connectivity index (χ3n) is 3.39. The van der Waals surface area contributed by atoms with Gasteiger partial charge in [0.25, 0.3) is 0 Å². The topological polar surface area (TPSA) is 13.1 Å². The molecule has 0 saturated heterocycles. The lowest BCUT2D eigenvalue weighted by molar-refractivity contribution is 0.668. The van der Waals surface area contributed by atoms with Crippen LogP contribution in [0, 0.1) is 0 Å². The lowest BCUT2D eigenvalue weighted by Crippen LogP contribution is -1.76. The van der Waals surface area contributed by atoms with Gasteiger partial charge in [0, 0.05) is 19.7 Å². The Balaban J connectivity index is 2.34. The van der Waals surface area contributed by atoms with Crippen LogP contribution < -0.4 is 0 Å². The molecular weight excluding hydrogens is 368 g/mol. The number of hydrogen-bond donors (Lipinski definition) is 0. The molecule has 0 aliphatic rings. The Bertz CT molecular complexity index is 938. The van der Waals surface area contributed by atoms with E-state index in [4.69, 9.17) is 4.42 Å². The maximum Gasteiger partial charge on any atom is 0.137 e. The molecule has 0 unspecified atom stereocenters. The van der Waals surface area contributed by atoms with E-state index in [0.717, 1.165) is 25.5 Å². The fourth-order valence-corrected chi connectivity index (χ4v) is 3.46. The normalized spacial score (nSPS) is 11.7. The van der Waals surface area contributed by atoms with E-state index in [1.54, 1.807) is 0 Å². The minimum atomic E-state index is 0.910. The summed E-state index contributed by atoms with van der Waals surface area (Å²) in [6.07, 6.45) is 0. The second kappa shape index (κ2) is 4.09. The molecule has 0 spiro atoms. The number of fused-ring (bicyclic) bond motifs is 5. The Kier molecular flexibility index (Phi) is 2.47. The van der Waals surface area contributed by atoms with E-state index in [0.29, 0.717) is 0 Å². The van der Waals surface area contributed by atoms with Gasteiger partial charge in [-0.3, -0.25) is 0 Å². The van der Waals surface area contributed by atoms with Crippen molar-refractivity contribution in [1.82, 2.24) is 0 Å². The highest BCUT2D eigenvalue weighted by atomic mass is 79.9. The highest BCUT2D eigenvalue weighted by Gasteiger charge is 2.12. The van der Waals surface area contributed by atoms with E-state index in [-0.39, 0.29) is 0 Å². The molecule has 0 atom stereocenters. The molecule has 0 bridgehead atoms. The molecule has 4 aromatic rings. The first kappa shape index (κ1) is 11.5. The van der Waals surface area contributed by atoms with Crippen molar-refractivity contribution in [3.63, 3.8) is 0 Å². The van der Waals surface area contributed by atoms with Crippen molar-refractivity contribution in [1.29, 1.82) is 0 Å². The Morgan fingerprint density at radius 2 is 1.53 bits per heavy atom. The van der Waals surface area contributed by atoms with Gasteiger partial charge < -0.3 is 4.42 Å². The van der Waals surface area contributed by atoms with Gasteiger partial charge in [0.15, 0.2) is 0 Å². The van der Waals surface area contributed by atoms with Crippen LogP contribution in [0.25, 0.3) is 32.7 Å². The van der Waals surface area contributed by atoms with Crippen molar-refractivity contribution in [3.05, 3.63) is 57.5 Å². The van der Waals surface area contributed by atoms with Crippen LogP contribution in [0.4, 0.5) is 0 Å². The Labute approximate surface area is 126 Å². The first-order chi connectivity index (χ1) is 9.24. The summed E-state index contributed by atoms with van der Waals surface area (Å²) >= 11 is 7.11. The molecule has 3 heteroatoms. The van der Waals surface area contributed by atoms with Crippen LogP contribution in [0.5, 0.6) is 0 Å². The Morgan fingerprint density at radius 1 is 0.737 bits per heavy atom. The monoisotopic (exact) mass is 374 g/mol. The van der Waals surface area contributed by atoms with E-state index < -0.39 is 0 Å². The van der Waals surface area contributed by atoms with E-state index >= 15 is 0 Å². The van der Waals surface area contributed by atoms with Crippen LogP contribution in [-0.4, -0.2) is 0 Å². The van der Waals surface area contributed by atoms with E-state index in [1.807, 2.05) is 18.2 Å². The minimum absolute atomic E-state index is 0.910. The summed E-state index contributed by atoms with van der Waals surface area (Å²) in [5, 5.41) is 4.76. The van der Waals surface area contributed by atoms with Crippen LogP contribution in [-0.2, 0) is 0 Å². The summed E-state index contributed by atoms with van der Waals surface area (Å²) in [7, 11) is 0. The van der Waals surface area contributed by atoms with Gasteiger partial charge in [-0.15, -0.1) is 0 Å². The molecule has 0 radical (unpaired) electrons. The maximum atomic E-state index is 5.96. The fourth-order valence-electron chi connectivity index (χ4n) is 2.57. The highest BCUT2D eigenvalue weighted by molar-refractivity contribution is 9.11. The summed E-state index contributed by atoms with van der Waals surface area (Å²) in [6, 6.07) is 16.6. The average Bonchev–Trinajstić information content (AvgIpc) is 2.76. The van der Waals surface area contributed by atoms with Gasteiger partial charge in [-0.2, -0.15) is 0 Å². The predicted molar refractivity (Wildman–Crippen MR) is 86.6 cm³/mol. The standard InChI is InChI=1S/C16H8Br2O/c17-9-5-6-12-14(7-9)19-15-8-13(18)10-3-1-2-4-11(10)16(12)15/h1-8H. The van der Waals surface area contributed by atoms with Gasteiger partial charge in [-0.1, -0.05) is 56.1 Å². The summed E-state index contributed by atoms with van der Waals surface area (Å²) in [5.41, 5.74) is 1.83. The summed E-state index contributed by atoms with van der Waals surface area (Å²) < 4.78 is 8.06. The molecular formula is C16H8Br2O. The van der Waals surface area contributed by atoms with E-state index in [9.17, 15) is 0 Å². The van der Waals surface area contributed by atoms with Crippen LogP contribution in [0.15, 0.2) is 61.9 Å². The second-order valence-electron chi connectivity index (χ2n) is 4.52. The zero-order valence-electron chi connectivity index (χ0n) is 9.78. The van der Waals surface area contributed by atoms with Crippen LogP contribution in [0.2, 0.25) is 0 Å². The minimum Gasteiger partial charge on any atom is -0.456 e. The van der Waals surface area contributed by atoms with Gasteiger partial charge in [-0.05, 0) is 35.0 Å². The van der Waals surface area contributed by atoms with Crippen LogP contribution >= 0.6 is 31.9 Å².